The zero-order valence-electron chi connectivity index (χ0n) is 33.9. The van der Waals surface area contributed by atoms with Crippen LogP contribution in [0.2, 0.25) is 0 Å². The van der Waals surface area contributed by atoms with Crippen LogP contribution in [0.25, 0.3) is 0 Å². The van der Waals surface area contributed by atoms with E-state index in [1.807, 2.05) is 6.92 Å². The van der Waals surface area contributed by atoms with Crippen LogP contribution in [-0.2, 0) is 45.8 Å². The standard InChI is InChI=1S/C41H68N2O7/c1-34(2,3)29-18-26(19-30(31(29)44)35(4,5)6)16-17-40(15)47-24-41(25-48-40,32(45)49-27-20-36(7,8)42-37(9,10)21-27)33(46)50-28-22-38(11,12)43-39(13,14)23-28/h18-19,27-28,42-44H,16-17,20-25H2,1-15H3. The van der Waals surface area contributed by atoms with Gasteiger partial charge in [-0.15, -0.1) is 0 Å². The maximum Gasteiger partial charge on any atom is 0.328 e. The molecule has 3 heterocycles. The topological polar surface area (TPSA) is 115 Å². The molecule has 0 radical (unpaired) electrons. The fourth-order valence-corrected chi connectivity index (χ4v) is 8.60. The van der Waals surface area contributed by atoms with Crippen LogP contribution in [0.3, 0.4) is 0 Å². The molecule has 3 N–H and O–H groups in total. The van der Waals surface area contributed by atoms with Crippen molar-refractivity contribution < 1.29 is 33.6 Å². The summed E-state index contributed by atoms with van der Waals surface area (Å²) in [6.45, 7) is 30.8. The quantitative estimate of drug-likeness (QED) is 0.198. The lowest BCUT2D eigenvalue weighted by Gasteiger charge is -2.48. The Labute approximate surface area is 302 Å². The average Bonchev–Trinajstić information content (AvgIpc) is 2.88. The van der Waals surface area contributed by atoms with Gasteiger partial charge in [0.15, 0.2) is 5.79 Å². The first-order valence-corrected chi connectivity index (χ1v) is 18.6. The Hall–Kier alpha value is -2.20. The van der Waals surface area contributed by atoms with Crippen molar-refractivity contribution in [1.82, 2.24) is 10.6 Å². The number of hydrogen-bond donors (Lipinski definition) is 3. The van der Waals surface area contributed by atoms with E-state index in [4.69, 9.17) is 18.9 Å². The molecule has 9 nitrogen and oxygen atoms in total. The van der Waals surface area contributed by atoms with Gasteiger partial charge in [-0.2, -0.15) is 0 Å². The number of hydrogen-bond acceptors (Lipinski definition) is 9. The average molecular weight is 701 g/mol. The van der Waals surface area contributed by atoms with Crippen molar-refractivity contribution in [2.75, 3.05) is 13.2 Å². The van der Waals surface area contributed by atoms with E-state index in [0.717, 1.165) is 16.7 Å². The predicted molar refractivity (Wildman–Crippen MR) is 197 cm³/mol. The van der Waals surface area contributed by atoms with Crippen molar-refractivity contribution in [3.63, 3.8) is 0 Å². The zero-order valence-corrected chi connectivity index (χ0v) is 33.9. The van der Waals surface area contributed by atoms with Gasteiger partial charge in [0.25, 0.3) is 0 Å². The van der Waals surface area contributed by atoms with E-state index in [2.05, 4.69) is 120 Å². The molecule has 3 aliphatic rings. The third-order valence-corrected chi connectivity index (χ3v) is 10.5. The summed E-state index contributed by atoms with van der Waals surface area (Å²) in [5.41, 5.74) is -0.403. The summed E-state index contributed by atoms with van der Waals surface area (Å²) in [6, 6.07) is 4.14. The van der Waals surface area contributed by atoms with Gasteiger partial charge in [-0.3, -0.25) is 9.59 Å². The summed E-state index contributed by atoms with van der Waals surface area (Å²) >= 11 is 0. The third kappa shape index (κ3) is 9.61. The molecule has 284 valence electrons. The minimum Gasteiger partial charge on any atom is -0.507 e. The second kappa shape index (κ2) is 13.3. The fourth-order valence-electron chi connectivity index (χ4n) is 8.60. The highest BCUT2D eigenvalue weighted by Gasteiger charge is 2.57. The maximum absolute atomic E-state index is 14.3. The van der Waals surface area contributed by atoms with E-state index in [1.54, 1.807) is 0 Å². The second-order valence-electron chi connectivity index (χ2n) is 20.5. The van der Waals surface area contributed by atoms with Crippen molar-refractivity contribution in [2.45, 2.75) is 193 Å². The van der Waals surface area contributed by atoms with Crippen molar-refractivity contribution in [3.8, 4) is 5.75 Å². The summed E-state index contributed by atoms with van der Waals surface area (Å²) in [6.07, 6.45) is 2.79. The molecule has 1 aromatic rings. The van der Waals surface area contributed by atoms with Gasteiger partial charge in [0.1, 0.15) is 18.0 Å². The molecule has 50 heavy (non-hydrogen) atoms. The van der Waals surface area contributed by atoms with E-state index in [1.165, 1.54) is 0 Å². The summed E-state index contributed by atoms with van der Waals surface area (Å²) in [4.78, 5) is 28.6. The van der Waals surface area contributed by atoms with Crippen molar-refractivity contribution in [3.05, 3.63) is 28.8 Å². The minimum absolute atomic E-state index is 0.202. The molecule has 1 aromatic carbocycles. The van der Waals surface area contributed by atoms with Gasteiger partial charge in [0.2, 0.25) is 5.41 Å². The van der Waals surface area contributed by atoms with Crippen LogP contribution in [0.5, 0.6) is 5.75 Å². The Morgan fingerprint density at radius 1 is 0.700 bits per heavy atom. The normalized spacial score (nSPS) is 24.7. The van der Waals surface area contributed by atoms with E-state index in [9.17, 15) is 14.7 Å². The lowest BCUT2D eigenvalue weighted by Crippen LogP contribution is -2.62. The molecule has 0 aliphatic carbocycles. The summed E-state index contributed by atoms with van der Waals surface area (Å²) < 4.78 is 25.3. The highest BCUT2D eigenvalue weighted by Crippen LogP contribution is 2.42. The molecule has 0 saturated carbocycles. The van der Waals surface area contributed by atoms with Gasteiger partial charge < -0.3 is 34.7 Å². The van der Waals surface area contributed by atoms with Crippen LogP contribution in [0.15, 0.2) is 12.1 Å². The molecule has 3 saturated heterocycles. The molecule has 3 aliphatic heterocycles. The number of aryl methyl sites for hydroxylation is 1. The molecule has 0 aromatic heterocycles. The van der Waals surface area contributed by atoms with Crippen LogP contribution in [-0.4, -0.2) is 70.4 Å². The Balaban J connectivity index is 1.58. The lowest BCUT2D eigenvalue weighted by atomic mass is 9.78. The van der Waals surface area contributed by atoms with Gasteiger partial charge in [0, 0.05) is 54.3 Å². The third-order valence-electron chi connectivity index (χ3n) is 10.5. The molecule has 0 atom stereocenters. The number of ether oxygens (including phenoxy) is 4. The van der Waals surface area contributed by atoms with Crippen molar-refractivity contribution in [1.29, 1.82) is 0 Å². The van der Waals surface area contributed by atoms with E-state index < -0.39 is 23.1 Å². The number of carbonyl (C=O) groups is 2. The molecule has 0 spiro atoms. The Bertz CT molecular complexity index is 1300. The number of esters is 2. The van der Waals surface area contributed by atoms with E-state index >= 15 is 0 Å². The monoisotopic (exact) mass is 701 g/mol. The zero-order chi connectivity index (χ0) is 37.9. The summed E-state index contributed by atoms with van der Waals surface area (Å²) in [5, 5.41) is 18.5. The molecule has 3 fully saturated rings. The smallest absolute Gasteiger partial charge is 0.328 e. The van der Waals surface area contributed by atoms with E-state index in [0.29, 0.717) is 44.3 Å². The maximum atomic E-state index is 14.3. The molecule has 4 rings (SSSR count). The second-order valence-corrected chi connectivity index (χ2v) is 20.5. The number of benzene rings is 1. The highest BCUT2D eigenvalue weighted by molar-refractivity contribution is 6.00. The van der Waals surface area contributed by atoms with Gasteiger partial charge in [-0.25, -0.2) is 0 Å². The van der Waals surface area contributed by atoms with Crippen LogP contribution in [0.4, 0.5) is 0 Å². The summed E-state index contributed by atoms with van der Waals surface area (Å²) in [5.74, 6) is -2.02. The molecular weight excluding hydrogens is 632 g/mol. The van der Waals surface area contributed by atoms with Gasteiger partial charge in [-0.05, 0) is 96.3 Å². The Morgan fingerprint density at radius 3 is 1.36 bits per heavy atom. The number of piperidine rings is 2. The Morgan fingerprint density at radius 2 is 1.04 bits per heavy atom. The first-order valence-electron chi connectivity index (χ1n) is 18.6. The van der Waals surface area contributed by atoms with Crippen molar-refractivity contribution in [2.24, 2.45) is 5.41 Å². The molecular formula is C41H68N2O7. The van der Waals surface area contributed by atoms with Crippen molar-refractivity contribution >= 4 is 11.9 Å². The first-order chi connectivity index (χ1) is 22.5. The number of phenols is 1. The van der Waals surface area contributed by atoms with Gasteiger partial charge >= 0.3 is 11.9 Å². The number of rotatable bonds is 7. The fraction of sp³-hybridized carbons (Fsp3) is 0.805. The van der Waals surface area contributed by atoms with E-state index in [-0.39, 0.29) is 58.4 Å². The molecule has 0 amide bonds. The number of phenolic OH excluding ortho intramolecular Hbond substituents is 1. The molecule has 0 unspecified atom stereocenters. The lowest BCUT2D eigenvalue weighted by molar-refractivity contribution is -0.296. The first kappa shape index (κ1) is 40.6. The number of aromatic hydroxyl groups is 1. The molecule has 0 bridgehead atoms. The minimum atomic E-state index is -1.75. The number of carbonyl (C=O) groups excluding carboxylic acids is 2. The highest BCUT2D eigenvalue weighted by atomic mass is 16.7. The summed E-state index contributed by atoms with van der Waals surface area (Å²) in [7, 11) is 0. The van der Waals surface area contributed by atoms with Crippen LogP contribution < -0.4 is 10.6 Å². The molecule has 9 heteroatoms. The SMILES string of the molecule is CC1(C)CC(OC(=O)C2(C(=O)OC3CC(C)(C)NC(C)(C)C3)COC(C)(CCc3cc(C(C)(C)C)c(O)c(C(C)(C)C)c3)OC2)CC(C)(C)N1. The number of nitrogens with one attached hydrogen (secondary N) is 2. The van der Waals surface area contributed by atoms with Gasteiger partial charge in [0.05, 0.1) is 13.2 Å². The predicted octanol–water partition coefficient (Wildman–Crippen LogP) is 7.37. The van der Waals surface area contributed by atoms with Crippen LogP contribution in [0.1, 0.15) is 153 Å². The largest absolute Gasteiger partial charge is 0.507 e. The van der Waals surface area contributed by atoms with Crippen LogP contribution in [0, 0.1) is 5.41 Å². The Kier molecular flexibility index (Phi) is 10.8. The van der Waals surface area contributed by atoms with Crippen LogP contribution >= 0.6 is 0 Å². The van der Waals surface area contributed by atoms with Gasteiger partial charge in [-0.1, -0.05) is 53.7 Å².